The molecule has 0 bridgehead atoms. The van der Waals surface area contributed by atoms with Gasteiger partial charge in [0.05, 0.1) is 11.0 Å². The highest BCUT2D eigenvalue weighted by atomic mass is 16.5. The van der Waals surface area contributed by atoms with Crippen LogP contribution >= 0.6 is 0 Å². The van der Waals surface area contributed by atoms with Crippen LogP contribution in [0.25, 0.3) is 27.5 Å². The monoisotopic (exact) mass is 449 g/mol. The molecule has 0 unspecified atom stereocenters. The molecule has 0 spiro atoms. The van der Waals surface area contributed by atoms with Crippen molar-refractivity contribution in [2.24, 2.45) is 0 Å². The minimum atomic E-state index is 0.0847. The lowest BCUT2D eigenvalue weighted by Crippen LogP contribution is -2.57. The van der Waals surface area contributed by atoms with E-state index in [1.54, 1.807) is 0 Å². The van der Waals surface area contributed by atoms with Crippen LogP contribution in [-0.2, 0) is 0 Å². The SMILES string of the molecule is Cc1cc2c3c(c1)Oc1cc(-n4c5ccccc5c5ccccc54)ccc1B3c1ccccc1O2. The van der Waals surface area contributed by atoms with E-state index in [0.29, 0.717) is 0 Å². The van der Waals surface area contributed by atoms with Gasteiger partial charge in [0.2, 0.25) is 0 Å². The fourth-order valence-electron chi connectivity index (χ4n) is 5.90. The second kappa shape index (κ2) is 6.80. The predicted octanol–water partition coefficient (Wildman–Crippen LogP) is 5.82. The Morgan fingerprint density at radius 3 is 1.91 bits per heavy atom. The molecule has 0 saturated carbocycles. The first-order chi connectivity index (χ1) is 17.3. The van der Waals surface area contributed by atoms with Gasteiger partial charge in [0, 0.05) is 28.0 Å². The molecule has 3 heterocycles. The molecule has 1 aromatic heterocycles. The Kier molecular flexibility index (Phi) is 3.68. The standard InChI is InChI=1S/C31H20BNO2/c1-19-16-29-31-30(17-19)35-28-18-20(14-15-24(28)32(31)23-10-4-7-13-27(23)34-29)33-25-11-5-2-8-21(25)22-9-3-6-12-26(22)33/h2-18H,1H3. The minimum absolute atomic E-state index is 0.0847. The van der Waals surface area contributed by atoms with Crippen LogP contribution in [0, 0.1) is 6.92 Å². The molecule has 5 aromatic carbocycles. The van der Waals surface area contributed by atoms with Gasteiger partial charge < -0.3 is 14.0 Å². The van der Waals surface area contributed by atoms with Crippen LogP contribution in [0.2, 0.25) is 0 Å². The van der Waals surface area contributed by atoms with Crippen molar-refractivity contribution in [1.29, 1.82) is 0 Å². The molecule has 2 aliphatic heterocycles. The van der Waals surface area contributed by atoms with Crippen molar-refractivity contribution in [3.05, 3.63) is 109 Å². The summed E-state index contributed by atoms with van der Waals surface area (Å²) in [7, 11) is 0. The number of aromatic nitrogens is 1. The van der Waals surface area contributed by atoms with E-state index >= 15 is 0 Å². The van der Waals surface area contributed by atoms with Gasteiger partial charge in [-0.05, 0) is 59.8 Å². The lowest BCUT2D eigenvalue weighted by Gasteiger charge is -2.33. The first kappa shape index (κ1) is 18.9. The quantitative estimate of drug-likeness (QED) is 0.295. The molecule has 4 heteroatoms. The average Bonchev–Trinajstić information content (AvgIpc) is 3.22. The Hall–Kier alpha value is -4.44. The molecule has 0 saturated heterocycles. The first-order valence-electron chi connectivity index (χ1n) is 12.0. The normalized spacial score (nSPS) is 13.1. The number of rotatable bonds is 1. The van der Waals surface area contributed by atoms with E-state index in [1.807, 2.05) is 6.07 Å². The molecule has 0 N–H and O–H groups in total. The number of aryl methyl sites for hydroxylation is 1. The highest BCUT2D eigenvalue weighted by molar-refractivity contribution is 6.98. The number of hydrogen-bond donors (Lipinski definition) is 0. The van der Waals surface area contributed by atoms with Crippen LogP contribution in [0.4, 0.5) is 0 Å². The summed E-state index contributed by atoms with van der Waals surface area (Å²) in [6.45, 7) is 2.17. The zero-order chi connectivity index (χ0) is 23.1. The van der Waals surface area contributed by atoms with Gasteiger partial charge >= 0.3 is 0 Å². The topological polar surface area (TPSA) is 23.4 Å². The summed E-state index contributed by atoms with van der Waals surface area (Å²) in [5.41, 5.74) is 8.07. The zero-order valence-electron chi connectivity index (χ0n) is 19.2. The molecule has 35 heavy (non-hydrogen) atoms. The van der Waals surface area contributed by atoms with Crippen molar-refractivity contribution in [1.82, 2.24) is 4.57 Å². The predicted molar refractivity (Wildman–Crippen MR) is 143 cm³/mol. The van der Waals surface area contributed by atoms with Gasteiger partial charge in [-0.3, -0.25) is 0 Å². The van der Waals surface area contributed by atoms with E-state index in [9.17, 15) is 0 Å². The Balaban J connectivity index is 1.39. The van der Waals surface area contributed by atoms with Gasteiger partial charge in [0.1, 0.15) is 23.0 Å². The van der Waals surface area contributed by atoms with Gasteiger partial charge in [-0.2, -0.15) is 0 Å². The molecule has 6 aromatic rings. The molecule has 8 rings (SSSR count). The molecule has 0 amide bonds. The van der Waals surface area contributed by atoms with Crippen molar-refractivity contribution in [3.63, 3.8) is 0 Å². The Bertz CT molecular complexity index is 1780. The maximum Gasteiger partial charge on any atom is 0.260 e. The Labute approximate surface area is 203 Å². The summed E-state index contributed by atoms with van der Waals surface area (Å²) in [5.74, 6) is 3.59. The van der Waals surface area contributed by atoms with E-state index in [-0.39, 0.29) is 6.71 Å². The van der Waals surface area contributed by atoms with Crippen LogP contribution in [0.5, 0.6) is 23.0 Å². The molecular weight excluding hydrogens is 429 g/mol. The molecule has 0 fully saturated rings. The van der Waals surface area contributed by atoms with E-state index in [1.165, 1.54) is 32.7 Å². The average molecular weight is 449 g/mol. The number of fused-ring (bicyclic) bond motifs is 7. The lowest BCUT2D eigenvalue weighted by molar-refractivity contribution is 0.463. The second-order valence-corrected chi connectivity index (χ2v) is 9.44. The van der Waals surface area contributed by atoms with Crippen LogP contribution in [-0.4, -0.2) is 11.3 Å². The molecule has 0 aliphatic carbocycles. The van der Waals surface area contributed by atoms with Gasteiger partial charge in [0.25, 0.3) is 6.71 Å². The molecule has 0 atom stereocenters. The van der Waals surface area contributed by atoms with Crippen molar-refractivity contribution in [2.45, 2.75) is 6.92 Å². The van der Waals surface area contributed by atoms with E-state index in [2.05, 4.69) is 109 Å². The Morgan fingerprint density at radius 1 is 0.571 bits per heavy atom. The van der Waals surface area contributed by atoms with Gasteiger partial charge in [-0.25, -0.2) is 0 Å². The number of hydrogen-bond acceptors (Lipinski definition) is 2. The summed E-state index contributed by atoms with van der Waals surface area (Å²) < 4.78 is 15.2. The van der Waals surface area contributed by atoms with Crippen LogP contribution in [0.15, 0.2) is 103 Å². The first-order valence-corrected chi connectivity index (χ1v) is 12.0. The van der Waals surface area contributed by atoms with Crippen molar-refractivity contribution < 1.29 is 9.47 Å². The van der Waals surface area contributed by atoms with E-state index in [0.717, 1.165) is 39.7 Å². The second-order valence-electron chi connectivity index (χ2n) is 9.44. The summed E-state index contributed by atoms with van der Waals surface area (Å²) in [4.78, 5) is 0. The molecule has 3 nitrogen and oxygen atoms in total. The van der Waals surface area contributed by atoms with E-state index in [4.69, 9.17) is 9.47 Å². The molecular formula is C31H20BNO2. The largest absolute Gasteiger partial charge is 0.458 e. The van der Waals surface area contributed by atoms with Crippen molar-refractivity contribution in [3.8, 4) is 28.7 Å². The fourth-order valence-corrected chi connectivity index (χ4v) is 5.90. The maximum absolute atomic E-state index is 6.59. The zero-order valence-corrected chi connectivity index (χ0v) is 19.2. The van der Waals surface area contributed by atoms with Crippen LogP contribution < -0.4 is 25.9 Å². The lowest BCUT2D eigenvalue weighted by atomic mass is 9.35. The molecule has 0 radical (unpaired) electrons. The van der Waals surface area contributed by atoms with Crippen molar-refractivity contribution >= 4 is 44.9 Å². The van der Waals surface area contributed by atoms with Gasteiger partial charge in [-0.1, -0.05) is 60.7 Å². The number of nitrogens with zero attached hydrogens (tertiary/aromatic N) is 1. The third-order valence-corrected chi connectivity index (χ3v) is 7.35. The minimum Gasteiger partial charge on any atom is -0.458 e. The highest BCUT2D eigenvalue weighted by Gasteiger charge is 2.40. The van der Waals surface area contributed by atoms with E-state index < -0.39 is 0 Å². The third kappa shape index (κ3) is 2.57. The summed E-state index contributed by atoms with van der Waals surface area (Å²) in [6.07, 6.45) is 0. The van der Waals surface area contributed by atoms with Crippen LogP contribution in [0.3, 0.4) is 0 Å². The van der Waals surface area contributed by atoms with Gasteiger partial charge in [-0.15, -0.1) is 0 Å². The summed E-state index contributed by atoms with van der Waals surface area (Å²) in [6, 6.07) is 36.4. The Morgan fingerprint density at radius 2 is 1.17 bits per heavy atom. The summed E-state index contributed by atoms with van der Waals surface area (Å²) >= 11 is 0. The van der Waals surface area contributed by atoms with Crippen LogP contribution in [0.1, 0.15) is 5.56 Å². The third-order valence-electron chi connectivity index (χ3n) is 7.35. The van der Waals surface area contributed by atoms with Gasteiger partial charge in [0.15, 0.2) is 0 Å². The smallest absolute Gasteiger partial charge is 0.260 e. The van der Waals surface area contributed by atoms with Crippen molar-refractivity contribution in [2.75, 3.05) is 0 Å². The highest BCUT2D eigenvalue weighted by Crippen LogP contribution is 2.37. The molecule has 164 valence electrons. The molecule has 2 aliphatic rings. The maximum atomic E-state index is 6.59. The number of benzene rings is 5. The fraction of sp³-hybridized carbons (Fsp3) is 0.0323. The number of para-hydroxylation sites is 3. The summed E-state index contributed by atoms with van der Waals surface area (Å²) in [5, 5.41) is 2.51. The number of ether oxygens (including phenoxy) is 2.